The first-order chi connectivity index (χ1) is 11.4. The fraction of sp³-hybridized carbons (Fsp3) is 0.524. The van der Waals surface area contributed by atoms with Gasteiger partial charge in [-0.3, -0.25) is 9.59 Å². The molecule has 0 unspecified atom stereocenters. The molecule has 0 spiro atoms. The van der Waals surface area contributed by atoms with Crippen LogP contribution in [-0.2, 0) is 15.0 Å². The van der Waals surface area contributed by atoms with E-state index >= 15 is 0 Å². The Labute approximate surface area is 150 Å². The molecule has 0 atom stereocenters. The molecule has 136 valence electrons. The van der Waals surface area contributed by atoms with Gasteiger partial charge in [-0.05, 0) is 53.2 Å². The van der Waals surface area contributed by atoms with Gasteiger partial charge in [-0.15, -0.1) is 0 Å². The van der Waals surface area contributed by atoms with Crippen molar-refractivity contribution in [1.82, 2.24) is 0 Å². The highest BCUT2D eigenvalue weighted by atomic mass is 16.6. The molecule has 1 aromatic rings. The summed E-state index contributed by atoms with van der Waals surface area (Å²) in [4.78, 5) is 24.2. The van der Waals surface area contributed by atoms with Gasteiger partial charge in [-0.25, -0.2) is 0 Å². The maximum atomic E-state index is 12.8. The number of hydrogen-bond acceptors (Lipinski definition) is 4. The van der Waals surface area contributed by atoms with E-state index in [1.54, 1.807) is 7.11 Å². The van der Waals surface area contributed by atoms with Gasteiger partial charge < -0.3 is 9.47 Å². The number of hydrogen-bond donors (Lipinski definition) is 0. The molecule has 0 bridgehead atoms. The lowest BCUT2D eigenvalue weighted by molar-refractivity contribution is -0.132. The van der Waals surface area contributed by atoms with E-state index < -0.39 is 11.4 Å². The van der Waals surface area contributed by atoms with Crippen LogP contribution in [0.3, 0.4) is 0 Å². The number of carbonyl (C=O) groups is 2. The van der Waals surface area contributed by atoms with E-state index in [1.807, 2.05) is 39.8 Å². The summed E-state index contributed by atoms with van der Waals surface area (Å²) in [6.07, 6.45) is 0.767. The van der Waals surface area contributed by atoms with Crippen molar-refractivity contribution in [1.29, 1.82) is 0 Å². The number of ether oxygens (including phenoxy) is 2. The molecule has 25 heavy (non-hydrogen) atoms. The maximum Gasteiger partial charge on any atom is 0.308 e. The van der Waals surface area contributed by atoms with Crippen LogP contribution in [0.15, 0.2) is 17.7 Å². The van der Waals surface area contributed by atoms with Crippen LogP contribution in [0.4, 0.5) is 0 Å². The summed E-state index contributed by atoms with van der Waals surface area (Å²) in [6, 6.07) is 3.76. The molecule has 0 saturated heterocycles. The number of esters is 1. The number of fused-ring (bicyclic) bond motifs is 1. The Kier molecular flexibility index (Phi) is 4.86. The third kappa shape index (κ3) is 3.63. The average molecular weight is 344 g/mol. The molecular weight excluding hydrogens is 316 g/mol. The van der Waals surface area contributed by atoms with E-state index in [-0.39, 0.29) is 11.2 Å². The Morgan fingerprint density at radius 1 is 1.08 bits per heavy atom. The van der Waals surface area contributed by atoms with Crippen LogP contribution in [0.2, 0.25) is 0 Å². The fourth-order valence-corrected chi connectivity index (χ4v) is 3.43. The van der Waals surface area contributed by atoms with Crippen LogP contribution in [-0.4, -0.2) is 18.9 Å². The fourth-order valence-electron chi connectivity index (χ4n) is 3.43. The summed E-state index contributed by atoms with van der Waals surface area (Å²) < 4.78 is 10.7. The van der Waals surface area contributed by atoms with Crippen molar-refractivity contribution in [2.45, 2.75) is 60.3 Å². The van der Waals surface area contributed by atoms with E-state index in [0.717, 1.165) is 28.7 Å². The summed E-state index contributed by atoms with van der Waals surface area (Å²) in [7, 11) is 1.56. The zero-order valence-electron chi connectivity index (χ0n) is 16.5. The molecule has 0 amide bonds. The SMILES string of the molecule is COc1cc2c(cc1OC(C)=O)C(=C(C)C(=O)C(C)(C)C)CC2(C)C. The number of allylic oxidation sites excluding steroid dienone is 2. The van der Waals surface area contributed by atoms with Gasteiger partial charge in [0.1, 0.15) is 0 Å². The van der Waals surface area contributed by atoms with Crippen molar-refractivity contribution >= 4 is 17.3 Å². The highest BCUT2D eigenvalue weighted by molar-refractivity contribution is 6.06. The summed E-state index contributed by atoms with van der Waals surface area (Å²) in [5.74, 6) is 0.655. The minimum Gasteiger partial charge on any atom is -0.493 e. The summed E-state index contributed by atoms with van der Waals surface area (Å²) in [6.45, 7) is 13.3. The van der Waals surface area contributed by atoms with Crippen molar-refractivity contribution in [2.24, 2.45) is 5.41 Å². The molecule has 4 heteroatoms. The van der Waals surface area contributed by atoms with E-state index in [0.29, 0.717) is 11.5 Å². The van der Waals surface area contributed by atoms with Crippen molar-refractivity contribution in [3.63, 3.8) is 0 Å². The molecule has 0 aliphatic heterocycles. The smallest absolute Gasteiger partial charge is 0.308 e. The van der Waals surface area contributed by atoms with Crippen LogP contribution < -0.4 is 9.47 Å². The van der Waals surface area contributed by atoms with Crippen LogP contribution in [0.5, 0.6) is 11.5 Å². The molecule has 0 aromatic heterocycles. The standard InChI is InChI=1S/C21H28O4/c1-12(19(23)20(3,4)5)15-11-21(6,7)16-10-17(24-8)18(9-14(15)16)25-13(2)22/h9-10H,11H2,1-8H3. The summed E-state index contributed by atoms with van der Waals surface area (Å²) in [5, 5.41) is 0. The van der Waals surface area contributed by atoms with Crippen molar-refractivity contribution in [3.8, 4) is 11.5 Å². The number of methoxy groups -OCH3 is 1. The topological polar surface area (TPSA) is 52.6 Å². The number of carbonyl (C=O) groups excluding carboxylic acids is 2. The van der Waals surface area contributed by atoms with Crippen LogP contribution in [0.25, 0.3) is 5.57 Å². The van der Waals surface area contributed by atoms with E-state index in [2.05, 4.69) is 13.8 Å². The van der Waals surface area contributed by atoms with Crippen LogP contribution >= 0.6 is 0 Å². The maximum absolute atomic E-state index is 12.8. The van der Waals surface area contributed by atoms with Gasteiger partial charge >= 0.3 is 5.97 Å². The van der Waals surface area contributed by atoms with Gasteiger partial charge in [0.05, 0.1) is 7.11 Å². The van der Waals surface area contributed by atoms with Gasteiger partial charge in [0.15, 0.2) is 17.3 Å². The molecule has 1 aromatic carbocycles. The molecule has 1 aliphatic carbocycles. The Morgan fingerprint density at radius 2 is 1.68 bits per heavy atom. The molecular formula is C21H28O4. The monoisotopic (exact) mass is 344 g/mol. The third-order valence-electron chi connectivity index (χ3n) is 4.70. The molecule has 0 N–H and O–H groups in total. The molecule has 1 aliphatic rings. The van der Waals surface area contributed by atoms with Gasteiger partial charge in [0, 0.05) is 12.3 Å². The largest absolute Gasteiger partial charge is 0.493 e. The quantitative estimate of drug-likeness (QED) is 0.453. The first-order valence-electron chi connectivity index (χ1n) is 8.54. The van der Waals surface area contributed by atoms with Crippen molar-refractivity contribution in [2.75, 3.05) is 7.11 Å². The lowest BCUT2D eigenvalue weighted by atomic mass is 9.83. The molecule has 0 fully saturated rings. The molecule has 0 heterocycles. The second kappa shape index (κ2) is 6.32. The zero-order chi connectivity index (χ0) is 19.2. The molecule has 4 nitrogen and oxygen atoms in total. The van der Waals surface area contributed by atoms with Crippen LogP contribution in [0, 0.1) is 5.41 Å². The van der Waals surface area contributed by atoms with Gasteiger partial charge in [0.25, 0.3) is 0 Å². The lowest BCUT2D eigenvalue weighted by Gasteiger charge is -2.20. The summed E-state index contributed by atoms with van der Waals surface area (Å²) in [5.41, 5.74) is 3.32. The number of benzene rings is 1. The minimum absolute atomic E-state index is 0.119. The number of rotatable bonds is 3. The Bertz CT molecular complexity index is 761. The van der Waals surface area contributed by atoms with Crippen LogP contribution in [0.1, 0.15) is 66.0 Å². The number of ketones is 1. The first kappa shape index (κ1) is 19.2. The highest BCUT2D eigenvalue weighted by Gasteiger charge is 2.37. The van der Waals surface area contributed by atoms with Crippen molar-refractivity contribution < 1.29 is 19.1 Å². The zero-order valence-corrected chi connectivity index (χ0v) is 16.5. The predicted octanol–water partition coefficient (Wildman–Crippen LogP) is 4.69. The Morgan fingerprint density at radius 3 is 2.16 bits per heavy atom. The van der Waals surface area contributed by atoms with E-state index in [1.165, 1.54) is 6.92 Å². The van der Waals surface area contributed by atoms with Crippen molar-refractivity contribution in [3.05, 3.63) is 28.8 Å². The molecule has 0 saturated carbocycles. The number of Topliss-reactive ketones (excluding diaryl/α,β-unsaturated/α-hetero) is 1. The predicted molar refractivity (Wildman–Crippen MR) is 99.0 cm³/mol. The van der Waals surface area contributed by atoms with Gasteiger partial charge in [0.2, 0.25) is 0 Å². The van der Waals surface area contributed by atoms with E-state index in [4.69, 9.17) is 9.47 Å². The van der Waals surface area contributed by atoms with Gasteiger partial charge in [-0.2, -0.15) is 0 Å². The summed E-state index contributed by atoms with van der Waals surface area (Å²) >= 11 is 0. The highest BCUT2D eigenvalue weighted by Crippen LogP contribution is 2.50. The minimum atomic E-state index is -0.435. The Hall–Kier alpha value is -2.10. The third-order valence-corrected chi connectivity index (χ3v) is 4.70. The second-order valence-electron chi connectivity index (χ2n) is 8.39. The Balaban J connectivity index is 2.70. The normalized spacial score (nSPS) is 17.8. The lowest BCUT2D eigenvalue weighted by Crippen LogP contribution is -2.21. The molecule has 2 rings (SSSR count). The first-order valence-corrected chi connectivity index (χ1v) is 8.54. The average Bonchev–Trinajstić information content (AvgIpc) is 2.74. The molecule has 0 radical (unpaired) electrons. The second-order valence-corrected chi connectivity index (χ2v) is 8.39. The van der Waals surface area contributed by atoms with E-state index in [9.17, 15) is 9.59 Å². The van der Waals surface area contributed by atoms with Gasteiger partial charge in [-0.1, -0.05) is 34.6 Å².